The van der Waals surface area contributed by atoms with Gasteiger partial charge in [0.1, 0.15) is 17.3 Å². The van der Waals surface area contributed by atoms with Gasteiger partial charge in [0.25, 0.3) is 16.0 Å². The summed E-state index contributed by atoms with van der Waals surface area (Å²) in [4.78, 5) is 41.2. The maximum Gasteiger partial charge on any atom is 0.346 e. The van der Waals surface area contributed by atoms with Crippen molar-refractivity contribution in [3.05, 3.63) is 120 Å². The lowest BCUT2D eigenvalue weighted by molar-refractivity contribution is -0.236. The number of rotatable bonds is 7. The number of hydrogen-bond acceptors (Lipinski definition) is 9. The van der Waals surface area contributed by atoms with Crippen molar-refractivity contribution in [2.45, 2.75) is 110 Å². The second kappa shape index (κ2) is 15.0. The number of halogens is 5. The maximum absolute atomic E-state index is 15.6. The molecular weight excluding hydrogens is 931 g/mol. The molecule has 6 heterocycles. The number of nitrogens with zero attached hydrogens (tertiary/aromatic N) is 3. The topological polar surface area (TPSA) is 126 Å². The van der Waals surface area contributed by atoms with Gasteiger partial charge in [-0.3, -0.25) is 14.2 Å². The predicted octanol–water partition coefficient (Wildman–Crippen LogP) is 11.0. The van der Waals surface area contributed by atoms with Gasteiger partial charge in [-0.25, -0.2) is 13.6 Å². The van der Waals surface area contributed by atoms with Crippen molar-refractivity contribution >= 4 is 67.7 Å². The molecule has 6 aliphatic heterocycles. The first kappa shape index (κ1) is 45.7. The van der Waals surface area contributed by atoms with E-state index in [9.17, 15) is 22.2 Å². The zero-order valence-electron chi connectivity index (χ0n) is 38.1. The number of fused-ring (bicyclic) bond motifs is 8. The Morgan fingerprint density at radius 1 is 0.866 bits per heavy atom. The van der Waals surface area contributed by atoms with E-state index in [2.05, 4.69) is 36.6 Å². The highest BCUT2D eigenvalue weighted by Crippen LogP contribution is 2.66. The number of anilines is 2. The van der Waals surface area contributed by atoms with Crippen LogP contribution in [0.25, 0.3) is 11.1 Å². The van der Waals surface area contributed by atoms with Gasteiger partial charge in [0, 0.05) is 57.1 Å². The SMILES string of the molecule is CCC1=CC(C)(C)N2CCCc3c4c(cc1c32)C1(c2cc3c5c(c2O4)CCCN5C(C)(C)C=C3CS(=O)(=O)O)c2c(Cl)ccc(Cl)c2C(=O)N1OC(C)(C)C(=O)Oc1c(F)c(C)cc(F)c1F. The van der Waals surface area contributed by atoms with Gasteiger partial charge in [-0.05, 0) is 128 Å². The van der Waals surface area contributed by atoms with Gasteiger partial charge in [-0.2, -0.15) is 17.9 Å². The second-order valence-corrected chi connectivity index (χ2v) is 22.1. The molecule has 0 saturated heterocycles. The fourth-order valence-corrected chi connectivity index (χ4v) is 12.5. The first-order valence-corrected chi connectivity index (χ1v) is 24.6. The van der Waals surface area contributed by atoms with Crippen LogP contribution in [0.1, 0.15) is 123 Å². The molecular formula is C50H48Cl2F3N3O8S. The van der Waals surface area contributed by atoms with E-state index in [4.69, 9.17) is 37.5 Å². The van der Waals surface area contributed by atoms with Crippen LogP contribution < -0.4 is 19.3 Å². The molecule has 352 valence electrons. The number of carbonyl (C=O) groups is 2. The minimum atomic E-state index is -4.61. The summed E-state index contributed by atoms with van der Waals surface area (Å²) in [5.74, 6) is -7.97. The Labute approximate surface area is 396 Å². The summed E-state index contributed by atoms with van der Waals surface area (Å²) >= 11 is 14.4. The number of benzene rings is 4. The minimum Gasteiger partial charge on any atom is -0.456 e. The number of amides is 1. The molecule has 0 aliphatic carbocycles. The molecule has 0 saturated carbocycles. The summed E-state index contributed by atoms with van der Waals surface area (Å²) in [7, 11) is -4.61. The van der Waals surface area contributed by atoms with E-state index < -0.39 is 67.6 Å². The van der Waals surface area contributed by atoms with Crippen molar-refractivity contribution in [3.8, 4) is 17.2 Å². The van der Waals surface area contributed by atoms with Crippen LogP contribution >= 0.6 is 23.2 Å². The van der Waals surface area contributed by atoms with Crippen LogP contribution in [0.4, 0.5) is 24.5 Å². The van der Waals surface area contributed by atoms with E-state index in [1.54, 1.807) is 18.2 Å². The molecule has 1 N–H and O–H groups in total. The third-order valence-corrected chi connectivity index (χ3v) is 15.5. The van der Waals surface area contributed by atoms with Crippen molar-refractivity contribution in [1.82, 2.24) is 5.06 Å². The van der Waals surface area contributed by atoms with E-state index in [-0.39, 0.29) is 37.8 Å². The molecule has 17 heteroatoms. The molecule has 11 nitrogen and oxygen atoms in total. The Bertz CT molecular complexity index is 3110. The molecule has 1 atom stereocenters. The average molecular weight is 979 g/mol. The summed E-state index contributed by atoms with van der Waals surface area (Å²) in [5, 5.41) is 1.08. The van der Waals surface area contributed by atoms with Gasteiger partial charge in [0.15, 0.2) is 22.8 Å². The van der Waals surface area contributed by atoms with E-state index in [1.807, 2.05) is 19.9 Å². The van der Waals surface area contributed by atoms with Crippen molar-refractivity contribution in [1.29, 1.82) is 0 Å². The fraction of sp³-hybridized carbons (Fsp3) is 0.400. The normalized spacial score (nSPS) is 20.6. The third kappa shape index (κ3) is 6.54. The van der Waals surface area contributed by atoms with Crippen LogP contribution in [0.5, 0.6) is 17.2 Å². The number of hydroxylamine groups is 2. The smallest absolute Gasteiger partial charge is 0.346 e. The zero-order chi connectivity index (χ0) is 48.2. The van der Waals surface area contributed by atoms with E-state index in [1.165, 1.54) is 26.8 Å². The molecule has 1 spiro atoms. The van der Waals surface area contributed by atoms with Crippen LogP contribution in [-0.4, -0.2) is 65.4 Å². The second-order valence-electron chi connectivity index (χ2n) is 19.8. The van der Waals surface area contributed by atoms with Gasteiger partial charge < -0.3 is 19.3 Å². The first-order valence-electron chi connectivity index (χ1n) is 22.3. The Kier molecular flexibility index (Phi) is 10.2. The largest absolute Gasteiger partial charge is 0.456 e. The molecule has 1 unspecified atom stereocenters. The molecule has 4 aromatic carbocycles. The van der Waals surface area contributed by atoms with Gasteiger partial charge in [-0.1, -0.05) is 42.3 Å². The standard InChI is InChI=1S/C50H48Cl2F3N3O8S/c1-9-25-21-47(3,4)56-16-10-12-27-40(56)29(25)19-31-42(27)64-43-28-13-11-17-57-41(28)30(26(22-48(57,5)6)23-67(61,62)63)20-32(43)50(31)37-34(52)15-14-33(51)36(37)45(59)58(50)66-49(7,8)46(60)65-44-38(54)24(2)18-35(53)39(44)55/h14-15,18-22H,9-13,16-17,23H2,1-8H3,(H,61,62,63). The quantitative estimate of drug-likeness (QED) is 0.0828. The van der Waals surface area contributed by atoms with Crippen molar-refractivity contribution in [3.63, 3.8) is 0 Å². The van der Waals surface area contributed by atoms with Crippen molar-refractivity contribution in [2.75, 3.05) is 28.6 Å². The molecule has 67 heavy (non-hydrogen) atoms. The molecule has 1 amide bonds. The lowest BCUT2D eigenvalue weighted by atomic mass is 9.69. The number of ether oxygens (including phenoxy) is 2. The number of aryl methyl sites for hydroxylation is 1. The lowest BCUT2D eigenvalue weighted by Crippen LogP contribution is -2.54. The molecule has 10 rings (SSSR count). The molecule has 4 aromatic rings. The van der Waals surface area contributed by atoms with Crippen LogP contribution in [-0.2, 0) is 38.1 Å². The lowest BCUT2D eigenvalue weighted by Gasteiger charge is -2.52. The Morgan fingerprint density at radius 2 is 1.40 bits per heavy atom. The van der Waals surface area contributed by atoms with E-state index in [0.717, 1.165) is 40.4 Å². The highest BCUT2D eigenvalue weighted by Gasteiger charge is 2.63. The minimum absolute atomic E-state index is 0.00946. The summed E-state index contributed by atoms with van der Waals surface area (Å²) in [5.41, 5.74) is 0.968. The van der Waals surface area contributed by atoms with Crippen LogP contribution in [0, 0.1) is 24.4 Å². The van der Waals surface area contributed by atoms with Gasteiger partial charge in [0.2, 0.25) is 11.6 Å². The van der Waals surface area contributed by atoms with E-state index in [0.29, 0.717) is 77.7 Å². The number of allylic oxidation sites excluding steroid dienone is 1. The average Bonchev–Trinajstić information content (AvgIpc) is 3.50. The molecule has 0 aromatic heterocycles. The van der Waals surface area contributed by atoms with Crippen LogP contribution in [0.15, 0.2) is 42.5 Å². The maximum atomic E-state index is 15.6. The Balaban J connectivity index is 1.32. The van der Waals surface area contributed by atoms with Crippen LogP contribution in [0.3, 0.4) is 0 Å². The first-order chi connectivity index (χ1) is 31.3. The fourth-order valence-electron chi connectivity index (χ4n) is 11.3. The van der Waals surface area contributed by atoms with Gasteiger partial charge >= 0.3 is 5.97 Å². The number of esters is 1. The number of carbonyl (C=O) groups excluding carboxylic acids is 2. The number of hydrogen-bond donors (Lipinski definition) is 1. The predicted molar refractivity (Wildman–Crippen MR) is 249 cm³/mol. The third-order valence-electron chi connectivity index (χ3n) is 14.2. The highest BCUT2D eigenvalue weighted by molar-refractivity contribution is 7.86. The van der Waals surface area contributed by atoms with E-state index >= 15 is 13.6 Å². The van der Waals surface area contributed by atoms with Gasteiger partial charge in [-0.15, -0.1) is 0 Å². The molecule has 0 radical (unpaired) electrons. The van der Waals surface area contributed by atoms with Crippen molar-refractivity contribution in [2.24, 2.45) is 0 Å². The van der Waals surface area contributed by atoms with Gasteiger partial charge in [0.05, 0.1) is 33.0 Å². The summed E-state index contributed by atoms with van der Waals surface area (Å²) in [6.07, 6.45) is 7.11. The zero-order valence-corrected chi connectivity index (χ0v) is 40.5. The summed E-state index contributed by atoms with van der Waals surface area (Å²) in [6, 6.07) is 7.34. The van der Waals surface area contributed by atoms with Crippen molar-refractivity contribution < 1.29 is 50.0 Å². The highest BCUT2D eigenvalue weighted by atomic mass is 35.5. The Morgan fingerprint density at radius 3 is 1.96 bits per heavy atom. The summed E-state index contributed by atoms with van der Waals surface area (Å²) in [6.45, 7) is 15.3. The monoisotopic (exact) mass is 977 g/mol. The summed E-state index contributed by atoms with van der Waals surface area (Å²) < 4.78 is 94.1. The molecule has 0 fully saturated rings. The molecule has 0 bridgehead atoms. The molecule has 6 aliphatic rings. The van der Waals surface area contributed by atoms with Crippen LogP contribution in [0.2, 0.25) is 10.0 Å². The Hall–Kier alpha value is -5.06.